The molecule has 19 heavy (non-hydrogen) atoms. The van der Waals surface area contributed by atoms with Crippen LogP contribution in [0.3, 0.4) is 0 Å². The molecule has 0 saturated heterocycles. The average molecular weight is 284 g/mol. The zero-order valence-corrected chi connectivity index (χ0v) is 11.0. The topological polar surface area (TPSA) is 51.2 Å². The van der Waals surface area contributed by atoms with E-state index in [-0.39, 0.29) is 11.4 Å². The van der Waals surface area contributed by atoms with E-state index >= 15 is 0 Å². The van der Waals surface area contributed by atoms with Gasteiger partial charge >= 0.3 is 5.97 Å². The number of methoxy groups -OCH3 is 1. The van der Waals surface area contributed by atoms with Crippen molar-refractivity contribution in [3.05, 3.63) is 40.4 Å². The number of esters is 1. The van der Waals surface area contributed by atoms with E-state index in [2.05, 4.69) is 15.0 Å². The fourth-order valence-electron chi connectivity index (χ4n) is 1.49. The van der Waals surface area contributed by atoms with E-state index in [0.717, 1.165) is 18.2 Å². The molecule has 0 unspecified atom stereocenters. The summed E-state index contributed by atoms with van der Waals surface area (Å²) in [6.07, 6.45) is 0. The Hall–Kier alpha value is -2.02. The Bertz CT molecular complexity index is 608. The molecule has 1 aromatic carbocycles. The smallest absolute Gasteiger partial charge is 0.357 e. The van der Waals surface area contributed by atoms with Gasteiger partial charge in [-0.25, -0.2) is 18.6 Å². The van der Waals surface area contributed by atoms with Crippen LogP contribution in [0.5, 0.6) is 0 Å². The molecule has 1 heterocycles. The third-order valence-electron chi connectivity index (χ3n) is 2.29. The first-order valence-electron chi connectivity index (χ1n) is 5.28. The van der Waals surface area contributed by atoms with Gasteiger partial charge in [0, 0.05) is 16.6 Å². The molecule has 0 aliphatic heterocycles. The van der Waals surface area contributed by atoms with Crippen molar-refractivity contribution in [2.75, 3.05) is 12.4 Å². The summed E-state index contributed by atoms with van der Waals surface area (Å²) in [5, 5.41) is 3.11. The highest BCUT2D eigenvalue weighted by Gasteiger charge is 2.16. The number of rotatable bonds is 3. The molecule has 0 bridgehead atoms. The lowest BCUT2D eigenvalue weighted by Crippen LogP contribution is -2.03. The molecule has 0 aliphatic carbocycles. The Kier molecular flexibility index (Phi) is 3.75. The molecule has 4 nitrogen and oxygen atoms in total. The van der Waals surface area contributed by atoms with Crippen molar-refractivity contribution in [1.29, 1.82) is 0 Å². The summed E-state index contributed by atoms with van der Waals surface area (Å²) < 4.78 is 30.6. The van der Waals surface area contributed by atoms with Crippen LogP contribution in [0.1, 0.15) is 15.4 Å². The number of carbonyl (C=O) groups is 1. The number of nitrogens with one attached hydrogen (secondary N) is 1. The number of aryl methyl sites for hydroxylation is 1. The van der Waals surface area contributed by atoms with Crippen molar-refractivity contribution in [2.24, 2.45) is 0 Å². The third-order valence-corrected chi connectivity index (χ3v) is 3.18. The minimum absolute atomic E-state index is 0.187. The molecule has 0 saturated carbocycles. The number of hydrogen-bond acceptors (Lipinski definition) is 5. The number of carbonyl (C=O) groups excluding carboxylic acids is 1. The van der Waals surface area contributed by atoms with Crippen LogP contribution in [0.2, 0.25) is 0 Å². The van der Waals surface area contributed by atoms with Crippen LogP contribution in [0, 0.1) is 18.6 Å². The van der Waals surface area contributed by atoms with Crippen LogP contribution in [0.25, 0.3) is 0 Å². The first-order valence-corrected chi connectivity index (χ1v) is 6.10. The van der Waals surface area contributed by atoms with E-state index in [0.29, 0.717) is 10.0 Å². The highest BCUT2D eigenvalue weighted by atomic mass is 32.1. The lowest BCUT2D eigenvalue weighted by Gasteiger charge is -2.02. The lowest BCUT2D eigenvalue weighted by atomic mass is 10.3. The summed E-state index contributed by atoms with van der Waals surface area (Å²) in [4.78, 5) is 16.1. The van der Waals surface area contributed by atoms with Gasteiger partial charge in [0.1, 0.15) is 11.6 Å². The first-order chi connectivity index (χ1) is 8.99. The van der Waals surface area contributed by atoms with Gasteiger partial charge in [-0.1, -0.05) is 0 Å². The normalized spacial score (nSPS) is 10.3. The van der Waals surface area contributed by atoms with E-state index in [4.69, 9.17) is 0 Å². The summed E-state index contributed by atoms with van der Waals surface area (Å²) in [7, 11) is 1.26. The lowest BCUT2D eigenvalue weighted by molar-refractivity contribution is 0.0594. The number of anilines is 2. The molecular formula is C12H10F2N2O2S. The van der Waals surface area contributed by atoms with Gasteiger partial charge in [0.05, 0.1) is 7.11 Å². The zero-order valence-electron chi connectivity index (χ0n) is 10.2. The van der Waals surface area contributed by atoms with Crippen LogP contribution in [0.15, 0.2) is 18.2 Å². The van der Waals surface area contributed by atoms with Gasteiger partial charge in [-0.2, -0.15) is 0 Å². The Morgan fingerprint density at radius 3 is 2.53 bits per heavy atom. The van der Waals surface area contributed by atoms with Crippen molar-refractivity contribution in [3.63, 3.8) is 0 Å². The van der Waals surface area contributed by atoms with Gasteiger partial charge < -0.3 is 10.1 Å². The SMILES string of the molecule is COC(=O)c1nc(Nc2cc(F)cc(F)c2)sc1C. The van der Waals surface area contributed by atoms with E-state index in [9.17, 15) is 13.6 Å². The molecule has 0 radical (unpaired) electrons. The molecule has 2 aromatic rings. The second kappa shape index (κ2) is 5.31. The number of ether oxygens (including phenoxy) is 1. The second-order valence-corrected chi connectivity index (χ2v) is 4.90. The maximum absolute atomic E-state index is 13.0. The molecule has 0 aliphatic rings. The fourth-order valence-corrected chi connectivity index (χ4v) is 2.31. The predicted octanol–water partition coefficient (Wildman–Crippen LogP) is 3.26. The molecule has 0 fully saturated rings. The Morgan fingerprint density at radius 2 is 1.95 bits per heavy atom. The molecule has 7 heteroatoms. The van der Waals surface area contributed by atoms with Gasteiger partial charge in [-0.3, -0.25) is 0 Å². The standard InChI is InChI=1S/C12H10F2N2O2S/c1-6-10(11(17)18-2)16-12(19-6)15-9-4-7(13)3-8(14)5-9/h3-5H,1-2H3,(H,15,16). The van der Waals surface area contributed by atoms with E-state index in [1.807, 2.05) is 0 Å². The molecule has 0 spiro atoms. The van der Waals surface area contributed by atoms with Crippen LogP contribution in [-0.2, 0) is 4.74 Å². The van der Waals surface area contributed by atoms with Crippen molar-refractivity contribution >= 4 is 28.1 Å². The first kappa shape index (κ1) is 13.4. The van der Waals surface area contributed by atoms with Gasteiger partial charge in [0.2, 0.25) is 0 Å². The third kappa shape index (κ3) is 3.05. The Morgan fingerprint density at radius 1 is 1.32 bits per heavy atom. The van der Waals surface area contributed by atoms with Crippen molar-refractivity contribution < 1.29 is 18.3 Å². The molecule has 0 amide bonds. The van der Waals surface area contributed by atoms with Crippen molar-refractivity contribution in [1.82, 2.24) is 4.98 Å². The van der Waals surface area contributed by atoms with Crippen LogP contribution < -0.4 is 5.32 Å². The van der Waals surface area contributed by atoms with E-state index < -0.39 is 17.6 Å². The summed E-state index contributed by atoms with van der Waals surface area (Å²) in [6, 6.07) is 3.05. The number of thiazole rings is 1. The minimum atomic E-state index is -0.691. The molecule has 2 rings (SSSR count). The number of halogens is 2. The highest BCUT2D eigenvalue weighted by molar-refractivity contribution is 7.15. The van der Waals surface area contributed by atoms with Gasteiger partial charge in [0.15, 0.2) is 10.8 Å². The van der Waals surface area contributed by atoms with Crippen molar-refractivity contribution in [3.8, 4) is 0 Å². The number of benzene rings is 1. The molecule has 100 valence electrons. The summed E-state index contributed by atoms with van der Waals surface area (Å²) in [6.45, 7) is 1.71. The van der Waals surface area contributed by atoms with E-state index in [1.165, 1.54) is 18.4 Å². The largest absolute Gasteiger partial charge is 0.464 e. The fraction of sp³-hybridized carbons (Fsp3) is 0.167. The maximum Gasteiger partial charge on any atom is 0.357 e. The van der Waals surface area contributed by atoms with Crippen molar-refractivity contribution in [2.45, 2.75) is 6.92 Å². The van der Waals surface area contributed by atoms with Gasteiger partial charge in [0.25, 0.3) is 0 Å². The van der Waals surface area contributed by atoms with Crippen LogP contribution >= 0.6 is 11.3 Å². The van der Waals surface area contributed by atoms with Crippen LogP contribution in [0.4, 0.5) is 19.6 Å². The summed E-state index contributed by atoms with van der Waals surface area (Å²) in [5.41, 5.74) is 0.412. The maximum atomic E-state index is 13.0. The van der Waals surface area contributed by atoms with E-state index in [1.54, 1.807) is 6.92 Å². The Labute approximate surface area is 112 Å². The molecular weight excluding hydrogens is 274 g/mol. The van der Waals surface area contributed by atoms with Crippen LogP contribution in [-0.4, -0.2) is 18.1 Å². The molecule has 0 atom stereocenters. The summed E-state index contributed by atoms with van der Waals surface area (Å²) in [5.74, 6) is -1.93. The predicted molar refractivity (Wildman–Crippen MR) is 67.8 cm³/mol. The number of hydrogen-bond donors (Lipinski definition) is 1. The average Bonchev–Trinajstić information content (AvgIpc) is 2.68. The second-order valence-electron chi connectivity index (χ2n) is 3.70. The molecule has 1 N–H and O–H groups in total. The quantitative estimate of drug-likeness (QED) is 0.879. The Balaban J connectivity index is 2.26. The monoisotopic (exact) mass is 284 g/mol. The van der Waals surface area contributed by atoms with Gasteiger partial charge in [-0.15, -0.1) is 11.3 Å². The summed E-state index contributed by atoms with van der Waals surface area (Å²) >= 11 is 1.20. The minimum Gasteiger partial charge on any atom is -0.464 e. The molecule has 1 aromatic heterocycles. The number of nitrogens with zero attached hydrogens (tertiary/aromatic N) is 1. The number of aromatic nitrogens is 1. The zero-order chi connectivity index (χ0) is 14.0. The highest BCUT2D eigenvalue weighted by Crippen LogP contribution is 2.26. The van der Waals surface area contributed by atoms with Gasteiger partial charge in [-0.05, 0) is 19.1 Å².